The molecule has 0 bridgehead atoms. The molecule has 2 N–H and O–H groups in total. The number of H-pyrrole nitrogens is 1. The van der Waals surface area contributed by atoms with E-state index in [0.717, 1.165) is 38.2 Å². The number of likely N-dealkylation sites (tertiary alicyclic amines) is 1. The van der Waals surface area contributed by atoms with Crippen LogP contribution in [0.2, 0.25) is 0 Å². The highest BCUT2D eigenvalue weighted by Gasteiger charge is 2.23. The molecule has 1 aliphatic heterocycles. The maximum atomic E-state index is 11.6. The van der Waals surface area contributed by atoms with E-state index in [1.54, 1.807) is 11.3 Å². The van der Waals surface area contributed by atoms with Crippen molar-refractivity contribution >= 4 is 17.4 Å². The van der Waals surface area contributed by atoms with Crippen LogP contribution in [0.3, 0.4) is 0 Å². The summed E-state index contributed by atoms with van der Waals surface area (Å²) >= 11 is 1.71. The minimum Gasteiger partial charge on any atom is -0.450 e. The maximum absolute atomic E-state index is 11.6. The summed E-state index contributed by atoms with van der Waals surface area (Å²) in [5, 5.41) is 12.3. The fourth-order valence-corrected chi connectivity index (χ4v) is 3.72. The number of piperidine rings is 1. The third-order valence-electron chi connectivity index (χ3n) is 3.98. The van der Waals surface area contributed by atoms with Crippen molar-refractivity contribution in [2.75, 3.05) is 19.7 Å². The number of nitrogens with zero attached hydrogens (tertiary/aromatic N) is 2. The molecule has 0 unspecified atom stereocenters. The Morgan fingerprint density at radius 3 is 3.30 bits per heavy atom. The second-order valence-corrected chi connectivity index (χ2v) is 6.63. The van der Waals surface area contributed by atoms with Gasteiger partial charge in [-0.05, 0) is 37.8 Å². The van der Waals surface area contributed by atoms with Crippen LogP contribution in [0.25, 0.3) is 10.6 Å². The van der Waals surface area contributed by atoms with Crippen molar-refractivity contribution in [1.82, 2.24) is 20.4 Å². The number of aromatic nitrogens is 2. The lowest BCUT2D eigenvalue weighted by Crippen LogP contribution is -2.47. The van der Waals surface area contributed by atoms with E-state index < -0.39 is 0 Å². The van der Waals surface area contributed by atoms with Crippen LogP contribution in [0.4, 0.5) is 4.79 Å². The maximum Gasteiger partial charge on any atom is 0.407 e. The van der Waals surface area contributed by atoms with E-state index >= 15 is 0 Å². The van der Waals surface area contributed by atoms with Crippen LogP contribution in [-0.4, -0.2) is 46.9 Å². The highest BCUT2D eigenvalue weighted by molar-refractivity contribution is 7.13. The van der Waals surface area contributed by atoms with Crippen molar-refractivity contribution in [3.05, 3.63) is 29.3 Å². The first kappa shape index (κ1) is 16.0. The highest BCUT2D eigenvalue weighted by atomic mass is 32.1. The number of alkyl carbamates (subject to hydrolysis) is 1. The summed E-state index contributed by atoms with van der Waals surface area (Å²) < 4.78 is 4.97. The van der Waals surface area contributed by atoms with Crippen LogP contribution in [-0.2, 0) is 11.3 Å². The van der Waals surface area contributed by atoms with Crippen molar-refractivity contribution < 1.29 is 9.53 Å². The van der Waals surface area contributed by atoms with Gasteiger partial charge in [-0.25, -0.2) is 4.79 Å². The SMILES string of the molecule is CCOC(=O)N[C@H]1CCCN(Cc2cn[nH]c2-c2cccs2)C1. The van der Waals surface area contributed by atoms with Gasteiger partial charge in [0.2, 0.25) is 0 Å². The summed E-state index contributed by atoms with van der Waals surface area (Å²) in [5.74, 6) is 0. The number of thiophene rings is 1. The second kappa shape index (κ2) is 7.61. The molecule has 6 nitrogen and oxygen atoms in total. The fraction of sp³-hybridized carbons (Fsp3) is 0.500. The Morgan fingerprint density at radius 2 is 2.52 bits per heavy atom. The number of carbonyl (C=O) groups is 1. The van der Waals surface area contributed by atoms with Crippen LogP contribution < -0.4 is 5.32 Å². The third-order valence-corrected chi connectivity index (χ3v) is 4.87. The van der Waals surface area contributed by atoms with Crippen molar-refractivity contribution in [3.63, 3.8) is 0 Å². The van der Waals surface area contributed by atoms with Gasteiger partial charge in [0.05, 0.1) is 23.4 Å². The Bertz CT molecular complexity index is 626. The lowest BCUT2D eigenvalue weighted by atomic mass is 10.0. The monoisotopic (exact) mass is 334 g/mol. The Hall–Kier alpha value is -1.86. The van der Waals surface area contributed by atoms with Crippen molar-refractivity contribution in [3.8, 4) is 10.6 Å². The Morgan fingerprint density at radius 1 is 1.61 bits per heavy atom. The summed E-state index contributed by atoms with van der Waals surface area (Å²) in [6, 6.07) is 4.30. The predicted octanol–water partition coefficient (Wildman–Crippen LogP) is 2.85. The van der Waals surface area contributed by atoms with Crippen molar-refractivity contribution in [2.45, 2.75) is 32.4 Å². The molecule has 1 amide bonds. The van der Waals surface area contributed by atoms with E-state index in [1.807, 2.05) is 19.2 Å². The summed E-state index contributed by atoms with van der Waals surface area (Å²) in [6.45, 7) is 4.94. The van der Waals surface area contributed by atoms with Crippen LogP contribution in [0.5, 0.6) is 0 Å². The molecular formula is C16H22N4O2S. The minimum absolute atomic E-state index is 0.153. The van der Waals surface area contributed by atoms with Gasteiger partial charge in [0, 0.05) is 24.7 Å². The zero-order chi connectivity index (χ0) is 16.1. The molecule has 0 aliphatic carbocycles. The first-order valence-electron chi connectivity index (χ1n) is 7.98. The molecule has 23 heavy (non-hydrogen) atoms. The third kappa shape index (κ3) is 4.11. The molecular weight excluding hydrogens is 312 g/mol. The molecule has 0 saturated carbocycles. The molecule has 7 heteroatoms. The molecule has 2 aromatic rings. The van der Waals surface area contributed by atoms with Gasteiger partial charge in [0.15, 0.2) is 0 Å². The molecule has 1 saturated heterocycles. The zero-order valence-electron chi connectivity index (χ0n) is 13.2. The Labute approximate surface area is 139 Å². The highest BCUT2D eigenvalue weighted by Crippen LogP contribution is 2.27. The summed E-state index contributed by atoms with van der Waals surface area (Å²) in [5.41, 5.74) is 2.30. The number of nitrogens with one attached hydrogen (secondary N) is 2. The molecule has 2 aromatic heterocycles. The summed E-state index contributed by atoms with van der Waals surface area (Å²) in [7, 11) is 0. The fourth-order valence-electron chi connectivity index (χ4n) is 2.96. The van der Waals surface area contributed by atoms with Gasteiger partial charge in [-0.3, -0.25) is 10.00 Å². The van der Waals surface area contributed by atoms with E-state index in [4.69, 9.17) is 4.74 Å². The smallest absolute Gasteiger partial charge is 0.407 e. The van der Waals surface area contributed by atoms with Crippen LogP contribution in [0, 0.1) is 0 Å². The largest absolute Gasteiger partial charge is 0.450 e. The van der Waals surface area contributed by atoms with E-state index in [9.17, 15) is 4.79 Å². The zero-order valence-corrected chi connectivity index (χ0v) is 14.1. The van der Waals surface area contributed by atoms with Crippen molar-refractivity contribution in [1.29, 1.82) is 0 Å². The normalized spacial score (nSPS) is 18.7. The minimum atomic E-state index is -0.318. The molecule has 0 spiro atoms. The molecule has 3 rings (SSSR count). The number of carbonyl (C=O) groups excluding carboxylic acids is 1. The number of hydrogen-bond donors (Lipinski definition) is 2. The molecule has 0 radical (unpaired) electrons. The second-order valence-electron chi connectivity index (χ2n) is 5.69. The number of amides is 1. The standard InChI is InChI=1S/C16H22N4O2S/c1-2-22-16(21)18-13-5-3-7-20(11-13)10-12-9-17-19-15(12)14-6-4-8-23-14/h4,6,8-9,13H,2-3,5,7,10-11H2,1H3,(H,17,19)(H,18,21)/t13-/m0/s1. The number of hydrogen-bond acceptors (Lipinski definition) is 5. The Kier molecular flexibility index (Phi) is 5.30. The van der Waals surface area contributed by atoms with Crippen LogP contribution in [0.1, 0.15) is 25.3 Å². The van der Waals surface area contributed by atoms with Crippen LogP contribution in [0.15, 0.2) is 23.7 Å². The average Bonchev–Trinajstić information content (AvgIpc) is 3.18. The van der Waals surface area contributed by atoms with E-state index in [-0.39, 0.29) is 12.1 Å². The average molecular weight is 334 g/mol. The molecule has 124 valence electrons. The van der Waals surface area contributed by atoms with Gasteiger partial charge < -0.3 is 10.1 Å². The summed E-state index contributed by atoms with van der Waals surface area (Å²) in [6.07, 6.45) is 3.65. The van der Waals surface area contributed by atoms with Gasteiger partial charge >= 0.3 is 6.09 Å². The van der Waals surface area contributed by atoms with E-state index in [0.29, 0.717) is 6.61 Å². The molecule has 1 aliphatic rings. The quantitative estimate of drug-likeness (QED) is 0.882. The number of aromatic amines is 1. The van der Waals surface area contributed by atoms with Gasteiger partial charge in [0.1, 0.15) is 0 Å². The Balaban J connectivity index is 1.60. The van der Waals surface area contributed by atoms with Gasteiger partial charge in [0.25, 0.3) is 0 Å². The number of ether oxygens (including phenoxy) is 1. The summed E-state index contributed by atoms with van der Waals surface area (Å²) in [4.78, 5) is 15.1. The first-order chi connectivity index (χ1) is 11.3. The van der Waals surface area contributed by atoms with Gasteiger partial charge in [-0.2, -0.15) is 5.10 Å². The topological polar surface area (TPSA) is 70.2 Å². The first-order valence-corrected chi connectivity index (χ1v) is 8.86. The van der Waals surface area contributed by atoms with Gasteiger partial charge in [-0.15, -0.1) is 11.3 Å². The molecule has 1 fully saturated rings. The van der Waals surface area contributed by atoms with Gasteiger partial charge in [-0.1, -0.05) is 6.07 Å². The number of rotatable bonds is 5. The van der Waals surface area contributed by atoms with E-state index in [1.165, 1.54) is 10.4 Å². The van der Waals surface area contributed by atoms with Crippen molar-refractivity contribution in [2.24, 2.45) is 0 Å². The molecule has 3 heterocycles. The lowest BCUT2D eigenvalue weighted by molar-refractivity contribution is 0.132. The lowest BCUT2D eigenvalue weighted by Gasteiger charge is -2.32. The van der Waals surface area contributed by atoms with Crippen LogP contribution >= 0.6 is 11.3 Å². The molecule has 0 aromatic carbocycles. The predicted molar refractivity (Wildman–Crippen MR) is 90.4 cm³/mol. The molecule has 1 atom stereocenters. The van der Waals surface area contributed by atoms with E-state index in [2.05, 4.69) is 31.9 Å².